The van der Waals surface area contributed by atoms with Crippen molar-refractivity contribution < 1.29 is 19.8 Å². The van der Waals surface area contributed by atoms with E-state index in [9.17, 15) is 19.8 Å². The fourth-order valence-corrected chi connectivity index (χ4v) is 3.52. The van der Waals surface area contributed by atoms with Gasteiger partial charge in [0.25, 0.3) is 5.91 Å². The van der Waals surface area contributed by atoms with Crippen LogP contribution < -0.4 is 4.90 Å². The molecule has 146 valence electrons. The number of phenolic OH excluding ortho intramolecular Hbond substituents is 1. The summed E-state index contributed by atoms with van der Waals surface area (Å²) in [6.07, 6.45) is 0.853. The van der Waals surface area contributed by atoms with E-state index in [1.807, 2.05) is 19.1 Å². The summed E-state index contributed by atoms with van der Waals surface area (Å²) >= 11 is 6.07. The summed E-state index contributed by atoms with van der Waals surface area (Å²) in [7, 11) is 0. The highest BCUT2D eigenvalue weighted by molar-refractivity contribution is 6.32. The van der Waals surface area contributed by atoms with Crippen molar-refractivity contribution in [3.8, 4) is 5.75 Å². The largest absolute Gasteiger partial charge is 0.506 e. The van der Waals surface area contributed by atoms with Crippen LogP contribution in [0.1, 0.15) is 37.9 Å². The van der Waals surface area contributed by atoms with Crippen molar-refractivity contribution in [3.05, 3.63) is 69.9 Å². The molecule has 0 aliphatic carbocycles. The molecule has 5 nitrogen and oxygen atoms in total. The van der Waals surface area contributed by atoms with E-state index in [1.54, 1.807) is 32.0 Å². The zero-order valence-corrected chi connectivity index (χ0v) is 16.7. The number of anilines is 1. The van der Waals surface area contributed by atoms with Gasteiger partial charge in [0.15, 0.2) is 11.5 Å². The number of ketones is 1. The van der Waals surface area contributed by atoms with Crippen LogP contribution in [-0.4, -0.2) is 21.9 Å². The van der Waals surface area contributed by atoms with Gasteiger partial charge in [0.05, 0.1) is 16.6 Å². The molecule has 0 fully saturated rings. The van der Waals surface area contributed by atoms with Crippen molar-refractivity contribution in [1.29, 1.82) is 0 Å². The first-order chi connectivity index (χ1) is 13.3. The Morgan fingerprint density at radius 2 is 1.79 bits per heavy atom. The molecule has 1 amide bonds. The number of amides is 1. The van der Waals surface area contributed by atoms with Crippen molar-refractivity contribution in [2.45, 2.75) is 33.2 Å². The van der Waals surface area contributed by atoms with Gasteiger partial charge in [-0.3, -0.25) is 14.5 Å². The number of hydrogen-bond donors (Lipinski definition) is 2. The van der Waals surface area contributed by atoms with Crippen molar-refractivity contribution in [1.82, 2.24) is 0 Å². The summed E-state index contributed by atoms with van der Waals surface area (Å²) in [5, 5.41) is 20.4. The maximum absolute atomic E-state index is 12.9. The average molecular weight is 400 g/mol. The molecule has 1 unspecified atom stereocenters. The zero-order chi connectivity index (χ0) is 20.6. The molecular formula is C22H22ClNO4. The highest BCUT2D eigenvalue weighted by atomic mass is 35.5. The molecule has 6 heteroatoms. The molecule has 28 heavy (non-hydrogen) atoms. The summed E-state index contributed by atoms with van der Waals surface area (Å²) in [4.78, 5) is 27.1. The second kappa shape index (κ2) is 7.68. The number of rotatable bonds is 5. The Kier molecular flexibility index (Phi) is 5.47. The number of aryl methyl sites for hydroxylation is 1. The number of hydrogen-bond acceptors (Lipinski definition) is 4. The summed E-state index contributed by atoms with van der Waals surface area (Å²) in [6, 6.07) is 11.1. The normalized spacial score (nSPS) is 17.0. The van der Waals surface area contributed by atoms with Gasteiger partial charge in [-0.15, -0.1) is 0 Å². The van der Waals surface area contributed by atoms with Crippen molar-refractivity contribution >= 4 is 29.0 Å². The van der Waals surface area contributed by atoms with Crippen LogP contribution in [0.4, 0.5) is 5.69 Å². The number of phenols is 1. The van der Waals surface area contributed by atoms with Crippen LogP contribution in [0.2, 0.25) is 5.02 Å². The fourth-order valence-electron chi connectivity index (χ4n) is 3.34. The predicted octanol–water partition coefficient (Wildman–Crippen LogP) is 4.73. The third-order valence-corrected chi connectivity index (χ3v) is 5.21. The molecule has 1 atom stereocenters. The molecular weight excluding hydrogens is 378 g/mol. The molecule has 0 radical (unpaired) electrons. The van der Waals surface area contributed by atoms with Crippen LogP contribution in [0.3, 0.4) is 0 Å². The van der Waals surface area contributed by atoms with E-state index in [0.29, 0.717) is 11.3 Å². The molecule has 0 saturated heterocycles. The lowest BCUT2D eigenvalue weighted by Gasteiger charge is -2.27. The van der Waals surface area contributed by atoms with Gasteiger partial charge < -0.3 is 10.2 Å². The van der Waals surface area contributed by atoms with E-state index < -0.39 is 23.6 Å². The van der Waals surface area contributed by atoms with Gasteiger partial charge in [0, 0.05) is 11.6 Å². The molecule has 0 bridgehead atoms. The monoisotopic (exact) mass is 399 g/mol. The lowest BCUT2D eigenvalue weighted by atomic mass is 9.91. The zero-order valence-electron chi connectivity index (χ0n) is 15.9. The van der Waals surface area contributed by atoms with E-state index in [4.69, 9.17) is 11.6 Å². The van der Waals surface area contributed by atoms with Gasteiger partial charge >= 0.3 is 0 Å². The number of benzene rings is 2. The second-order valence-electron chi connectivity index (χ2n) is 7.09. The topological polar surface area (TPSA) is 77.8 Å². The van der Waals surface area contributed by atoms with E-state index in [0.717, 1.165) is 12.0 Å². The molecule has 1 aliphatic rings. The van der Waals surface area contributed by atoms with Crippen LogP contribution in [0.5, 0.6) is 5.75 Å². The minimum atomic E-state index is -0.826. The number of aliphatic hydroxyl groups is 1. The first-order valence-corrected chi connectivity index (χ1v) is 9.52. The maximum Gasteiger partial charge on any atom is 0.294 e. The van der Waals surface area contributed by atoms with Gasteiger partial charge in [-0.1, -0.05) is 50.6 Å². The SMILES string of the molecule is CCc1ccc(N2C(=O)C(O)=C(C(=O)C(C)C)C2c2ccc(O)c(Cl)c2)cc1. The Morgan fingerprint density at radius 3 is 2.32 bits per heavy atom. The fraction of sp³-hybridized carbons (Fsp3) is 0.273. The molecule has 0 saturated carbocycles. The van der Waals surface area contributed by atoms with Gasteiger partial charge in [0.1, 0.15) is 5.75 Å². The minimum absolute atomic E-state index is 0.0429. The molecule has 0 aromatic heterocycles. The third-order valence-electron chi connectivity index (χ3n) is 4.91. The quantitative estimate of drug-likeness (QED) is 0.761. The Balaban J connectivity index is 2.18. The van der Waals surface area contributed by atoms with E-state index in [2.05, 4.69) is 0 Å². The number of aromatic hydroxyl groups is 1. The van der Waals surface area contributed by atoms with Crippen molar-refractivity contribution in [2.75, 3.05) is 4.90 Å². The standard InChI is InChI=1S/C22H22ClNO4/c1-4-13-5-8-15(9-6-13)24-19(14-7-10-17(25)16(23)11-14)18(20(26)12(2)3)21(27)22(24)28/h5-12,19,25,27H,4H2,1-3H3. The second-order valence-corrected chi connectivity index (χ2v) is 7.50. The lowest BCUT2D eigenvalue weighted by molar-refractivity contribution is -0.119. The summed E-state index contributed by atoms with van der Waals surface area (Å²) in [5.74, 6) is -2.00. The van der Waals surface area contributed by atoms with Crippen LogP contribution in [0.25, 0.3) is 0 Å². The maximum atomic E-state index is 12.9. The van der Waals surface area contributed by atoms with Gasteiger partial charge in [-0.2, -0.15) is 0 Å². The Labute approximate surface area is 168 Å². The number of aliphatic hydroxyl groups excluding tert-OH is 1. The highest BCUT2D eigenvalue weighted by Gasteiger charge is 2.44. The number of nitrogens with zero attached hydrogens (tertiary/aromatic N) is 1. The van der Waals surface area contributed by atoms with Gasteiger partial charge in [0.2, 0.25) is 0 Å². The van der Waals surface area contributed by atoms with Crippen molar-refractivity contribution in [3.63, 3.8) is 0 Å². The average Bonchev–Trinajstić information content (AvgIpc) is 2.94. The molecule has 0 spiro atoms. The smallest absolute Gasteiger partial charge is 0.294 e. The Hall–Kier alpha value is -2.79. The predicted molar refractivity (Wildman–Crippen MR) is 109 cm³/mol. The Bertz CT molecular complexity index is 963. The first-order valence-electron chi connectivity index (χ1n) is 9.14. The lowest BCUT2D eigenvalue weighted by Crippen LogP contribution is -2.31. The third kappa shape index (κ3) is 3.38. The van der Waals surface area contributed by atoms with Crippen LogP contribution in [-0.2, 0) is 16.0 Å². The van der Waals surface area contributed by atoms with Crippen LogP contribution in [0.15, 0.2) is 53.8 Å². The molecule has 2 N–H and O–H groups in total. The van der Waals surface area contributed by atoms with E-state index >= 15 is 0 Å². The van der Waals surface area contributed by atoms with Gasteiger partial charge in [-0.05, 0) is 41.8 Å². The molecule has 2 aromatic carbocycles. The number of Topliss-reactive ketones (excluding diaryl/α,β-unsaturated/α-hetero) is 1. The number of carbonyl (C=O) groups is 2. The molecule has 3 rings (SSSR count). The van der Waals surface area contributed by atoms with E-state index in [-0.39, 0.29) is 22.1 Å². The van der Waals surface area contributed by atoms with Crippen molar-refractivity contribution in [2.24, 2.45) is 5.92 Å². The first kappa shape index (κ1) is 20.0. The molecule has 1 heterocycles. The molecule has 1 aliphatic heterocycles. The number of carbonyl (C=O) groups excluding carboxylic acids is 2. The summed E-state index contributed by atoms with van der Waals surface area (Å²) in [6.45, 7) is 5.46. The Morgan fingerprint density at radius 1 is 1.14 bits per heavy atom. The number of halogens is 1. The summed E-state index contributed by atoms with van der Waals surface area (Å²) < 4.78 is 0. The summed E-state index contributed by atoms with van der Waals surface area (Å²) in [5.41, 5.74) is 2.25. The van der Waals surface area contributed by atoms with Crippen LogP contribution >= 0.6 is 11.6 Å². The molecule has 2 aromatic rings. The van der Waals surface area contributed by atoms with Gasteiger partial charge in [-0.25, -0.2) is 0 Å². The highest BCUT2D eigenvalue weighted by Crippen LogP contribution is 2.43. The van der Waals surface area contributed by atoms with E-state index in [1.165, 1.54) is 17.0 Å². The van der Waals surface area contributed by atoms with Crippen LogP contribution in [0, 0.1) is 5.92 Å². The minimum Gasteiger partial charge on any atom is -0.506 e.